The third-order valence-electron chi connectivity index (χ3n) is 2.56. The van der Waals surface area contributed by atoms with Crippen LogP contribution in [0.1, 0.15) is 23.0 Å². The molecule has 6 heteroatoms. The van der Waals surface area contributed by atoms with Crippen molar-refractivity contribution in [2.45, 2.75) is 6.92 Å². The third kappa shape index (κ3) is 3.33. The maximum Gasteiger partial charge on any atom is 0.275 e. The van der Waals surface area contributed by atoms with Crippen LogP contribution in [0.3, 0.4) is 0 Å². The summed E-state index contributed by atoms with van der Waals surface area (Å²) in [5.41, 5.74) is 3.63. The molecular weight excluding hydrogens is 278 g/mol. The molecule has 1 aromatic heterocycles. The summed E-state index contributed by atoms with van der Waals surface area (Å²) < 4.78 is 0. The van der Waals surface area contributed by atoms with Crippen molar-refractivity contribution in [3.8, 4) is 5.75 Å². The molecule has 2 rings (SSSR count). The average molecular weight is 290 g/mol. The quantitative estimate of drug-likeness (QED) is 0.674. The van der Waals surface area contributed by atoms with E-state index in [0.29, 0.717) is 16.4 Å². The zero-order valence-electron chi connectivity index (χ0n) is 10.7. The highest BCUT2D eigenvalue weighted by molar-refractivity contribution is 6.31. The lowest BCUT2D eigenvalue weighted by Crippen LogP contribution is -2.19. The monoisotopic (exact) mass is 289 g/mol. The van der Waals surface area contributed by atoms with Crippen molar-refractivity contribution < 1.29 is 9.90 Å². The first-order valence-electron chi connectivity index (χ1n) is 5.82. The van der Waals surface area contributed by atoms with Gasteiger partial charge in [-0.15, -0.1) is 0 Å². The summed E-state index contributed by atoms with van der Waals surface area (Å²) in [6.45, 7) is 1.72. The molecule has 0 aliphatic rings. The number of hydrogen-bond donors (Lipinski definition) is 2. The van der Waals surface area contributed by atoms with Crippen molar-refractivity contribution in [2.75, 3.05) is 0 Å². The molecule has 1 amide bonds. The second-order valence-electron chi connectivity index (χ2n) is 4.01. The van der Waals surface area contributed by atoms with Crippen LogP contribution in [0, 0.1) is 0 Å². The Morgan fingerprint density at radius 1 is 1.35 bits per heavy atom. The standard InChI is InChI=1S/C14H12ClN3O2/c1-9(12-4-2-3-7-16-12)17-18-14(20)11-8-10(15)5-6-13(11)19/h2-8,19H,1H3,(H,18,20)/b17-9+. The maximum absolute atomic E-state index is 11.9. The van der Waals surface area contributed by atoms with Crippen LogP contribution in [0.25, 0.3) is 0 Å². The number of rotatable bonds is 3. The first-order chi connectivity index (χ1) is 9.58. The van der Waals surface area contributed by atoms with Gasteiger partial charge in [0.05, 0.1) is 17.0 Å². The zero-order chi connectivity index (χ0) is 14.5. The Bertz CT molecular complexity index is 657. The predicted molar refractivity (Wildman–Crippen MR) is 77.0 cm³/mol. The topological polar surface area (TPSA) is 74.6 Å². The minimum atomic E-state index is -0.541. The van der Waals surface area contributed by atoms with Crippen LogP contribution >= 0.6 is 11.6 Å². The van der Waals surface area contributed by atoms with E-state index in [0.717, 1.165) is 0 Å². The van der Waals surface area contributed by atoms with Crippen molar-refractivity contribution in [1.29, 1.82) is 0 Å². The number of nitrogens with zero attached hydrogens (tertiary/aromatic N) is 2. The van der Waals surface area contributed by atoms with Crippen LogP contribution in [-0.4, -0.2) is 21.7 Å². The van der Waals surface area contributed by atoms with Crippen molar-refractivity contribution in [1.82, 2.24) is 10.4 Å². The highest BCUT2D eigenvalue weighted by Crippen LogP contribution is 2.21. The molecule has 102 valence electrons. The zero-order valence-corrected chi connectivity index (χ0v) is 11.4. The molecule has 0 radical (unpaired) electrons. The number of carbonyl (C=O) groups excluding carboxylic acids is 1. The second-order valence-corrected chi connectivity index (χ2v) is 4.45. The van der Waals surface area contributed by atoms with Crippen LogP contribution in [0.5, 0.6) is 5.75 Å². The van der Waals surface area contributed by atoms with Crippen LogP contribution in [-0.2, 0) is 0 Å². The number of aromatic hydroxyl groups is 1. The molecule has 0 saturated carbocycles. The number of amides is 1. The first-order valence-corrected chi connectivity index (χ1v) is 6.20. The average Bonchev–Trinajstić information content (AvgIpc) is 2.47. The Morgan fingerprint density at radius 2 is 2.15 bits per heavy atom. The number of nitrogens with one attached hydrogen (secondary N) is 1. The number of phenols is 1. The highest BCUT2D eigenvalue weighted by atomic mass is 35.5. The van der Waals surface area contributed by atoms with Crippen LogP contribution in [0.15, 0.2) is 47.7 Å². The fourth-order valence-electron chi connectivity index (χ4n) is 1.52. The molecule has 0 spiro atoms. The van der Waals surface area contributed by atoms with Crippen molar-refractivity contribution in [3.05, 3.63) is 58.9 Å². The maximum atomic E-state index is 11.9. The van der Waals surface area contributed by atoms with E-state index < -0.39 is 5.91 Å². The van der Waals surface area contributed by atoms with E-state index in [2.05, 4.69) is 15.5 Å². The van der Waals surface area contributed by atoms with Gasteiger partial charge < -0.3 is 5.11 Å². The van der Waals surface area contributed by atoms with E-state index in [9.17, 15) is 9.90 Å². The molecule has 0 fully saturated rings. The van der Waals surface area contributed by atoms with E-state index in [1.165, 1.54) is 18.2 Å². The molecule has 2 aromatic rings. The Hall–Kier alpha value is -2.40. The van der Waals surface area contributed by atoms with Gasteiger partial charge in [0.15, 0.2) is 0 Å². The SMILES string of the molecule is C/C(=N\NC(=O)c1cc(Cl)ccc1O)c1ccccn1. The summed E-state index contributed by atoms with van der Waals surface area (Å²) in [4.78, 5) is 16.0. The number of halogens is 1. The molecular formula is C14H12ClN3O2. The van der Waals surface area contributed by atoms with E-state index in [4.69, 9.17) is 11.6 Å². The molecule has 2 N–H and O–H groups in total. The second kappa shape index (κ2) is 6.16. The minimum absolute atomic E-state index is 0.0649. The molecule has 0 saturated heterocycles. The number of aromatic nitrogens is 1. The van der Waals surface area contributed by atoms with E-state index in [-0.39, 0.29) is 11.3 Å². The van der Waals surface area contributed by atoms with Crippen molar-refractivity contribution >= 4 is 23.2 Å². The fourth-order valence-corrected chi connectivity index (χ4v) is 1.69. The number of benzene rings is 1. The highest BCUT2D eigenvalue weighted by Gasteiger charge is 2.11. The smallest absolute Gasteiger partial charge is 0.275 e. The van der Waals surface area contributed by atoms with Crippen molar-refractivity contribution in [2.24, 2.45) is 5.10 Å². The molecule has 1 heterocycles. The largest absolute Gasteiger partial charge is 0.507 e. The number of hydrogen-bond acceptors (Lipinski definition) is 4. The van der Waals surface area contributed by atoms with Gasteiger partial charge in [-0.05, 0) is 37.3 Å². The number of phenolic OH excluding ortho intramolecular Hbond substituents is 1. The van der Waals surface area contributed by atoms with Gasteiger partial charge in [0.2, 0.25) is 0 Å². The summed E-state index contributed by atoms with van der Waals surface area (Å²) in [7, 11) is 0. The molecule has 0 aliphatic heterocycles. The van der Waals surface area contributed by atoms with Crippen molar-refractivity contribution in [3.63, 3.8) is 0 Å². The number of pyridine rings is 1. The summed E-state index contributed by atoms with van der Waals surface area (Å²) in [6, 6.07) is 9.62. The van der Waals surface area contributed by atoms with Crippen LogP contribution in [0.4, 0.5) is 0 Å². The van der Waals surface area contributed by atoms with Gasteiger partial charge in [0, 0.05) is 11.2 Å². The molecule has 0 atom stereocenters. The van der Waals surface area contributed by atoms with E-state index in [1.54, 1.807) is 25.3 Å². The number of hydrazone groups is 1. The first kappa shape index (κ1) is 14.0. The summed E-state index contributed by atoms with van der Waals surface area (Å²) in [5.74, 6) is -0.696. The minimum Gasteiger partial charge on any atom is -0.507 e. The lowest BCUT2D eigenvalue weighted by Gasteiger charge is -2.04. The molecule has 5 nitrogen and oxygen atoms in total. The Labute approximate surface area is 120 Å². The van der Waals surface area contributed by atoms with E-state index in [1.807, 2.05) is 6.07 Å². The van der Waals surface area contributed by atoms with Gasteiger partial charge in [-0.25, -0.2) is 5.43 Å². The summed E-state index contributed by atoms with van der Waals surface area (Å²) >= 11 is 5.78. The normalized spacial score (nSPS) is 11.2. The van der Waals surface area contributed by atoms with Gasteiger partial charge in [-0.2, -0.15) is 5.10 Å². The van der Waals surface area contributed by atoms with Gasteiger partial charge in [0.1, 0.15) is 5.75 Å². The lowest BCUT2D eigenvalue weighted by molar-refractivity contribution is 0.0952. The number of carbonyl (C=O) groups is 1. The molecule has 1 aromatic carbocycles. The molecule has 20 heavy (non-hydrogen) atoms. The fraction of sp³-hybridized carbons (Fsp3) is 0.0714. The molecule has 0 aliphatic carbocycles. The lowest BCUT2D eigenvalue weighted by atomic mass is 10.2. The van der Waals surface area contributed by atoms with Crippen LogP contribution in [0.2, 0.25) is 5.02 Å². The van der Waals surface area contributed by atoms with Gasteiger partial charge >= 0.3 is 0 Å². The summed E-state index contributed by atoms with van der Waals surface area (Å²) in [5, 5.41) is 13.9. The molecule has 0 unspecified atom stereocenters. The van der Waals surface area contributed by atoms with Gasteiger partial charge in [0.25, 0.3) is 5.91 Å². The Kier molecular flexibility index (Phi) is 4.32. The van der Waals surface area contributed by atoms with E-state index >= 15 is 0 Å². The van der Waals surface area contributed by atoms with Crippen LogP contribution < -0.4 is 5.43 Å². The third-order valence-corrected chi connectivity index (χ3v) is 2.80. The molecule has 0 bridgehead atoms. The summed E-state index contributed by atoms with van der Waals surface area (Å²) in [6.07, 6.45) is 1.64. The predicted octanol–water partition coefficient (Wildman–Crippen LogP) is 2.59. The Morgan fingerprint density at radius 3 is 2.85 bits per heavy atom. The van der Waals surface area contributed by atoms with Gasteiger partial charge in [-0.3, -0.25) is 9.78 Å². The Balaban J connectivity index is 2.14. The van der Waals surface area contributed by atoms with Gasteiger partial charge in [-0.1, -0.05) is 17.7 Å².